The molecule has 0 saturated carbocycles. The number of methoxy groups -OCH3 is 1. The molecule has 1 unspecified atom stereocenters. The van der Waals surface area contributed by atoms with Crippen molar-refractivity contribution in [2.45, 2.75) is 19.3 Å². The number of carbonyl (C=O) groups is 2. The number of hydrogen-bond donors (Lipinski definition) is 0. The molecule has 0 aliphatic carbocycles. The lowest BCUT2D eigenvalue weighted by molar-refractivity contribution is -0.145. The molecule has 2 aromatic carbocycles. The van der Waals surface area contributed by atoms with Gasteiger partial charge in [-0.05, 0) is 42.3 Å². The van der Waals surface area contributed by atoms with Gasteiger partial charge in [-0.25, -0.2) is 9.97 Å². The normalized spacial score (nSPS) is 11.6. The number of ketones is 1. The molecule has 184 valence electrons. The summed E-state index contributed by atoms with van der Waals surface area (Å²) >= 11 is 12.3. The Kier molecular flexibility index (Phi) is 9.99. The number of halogens is 2. The van der Waals surface area contributed by atoms with Gasteiger partial charge in [-0.2, -0.15) is 5.26 Å². The fourth-order valence-corrected chi connectivity index (χ4v) is 4.20. The zero-order chi connectivity index (χ0) is 25.9. The molecule has 1 aromatic heterocycles. The molecule has 1 atom stereocenters. The van der Waals surface area contributed by atoms with Gasteiger partial charge in [0.2, 0.25) is 5.95 Å². The van der Waals surface area contributed by atoms with Crippen LogP contribution in [0.3, 0.4) is 0 Å². The quantitative estimate of drug-likeness (QED) is 0.215. The summed E-state index contributed by atoms with van der Waals surface area (Å²) in [5, 5.41) is 9.50. The predicted octanol–water partition coefficient (Wildman–Crippen LogP) is 6.30. The van der Waals surface area contributed by atoms with E-state index in [4.69, 9.17) is 33.2 Å². The van der Waals surface area contributed by atoms with Crippen LogP contribution in [-0.4, -0.2) is 35.4 Å². The van der Waals surface area contributed by atoms with E-state index in [1.165, 1.54) is 7.11 Å². The monoisotopic (exact) mass is 522 g/mol. The number of anilines is 2. The molecule has 1 heterocycles. The van der Waals surface area contributed by atoms with Crippen molar-refractivity contribution in [1.29, 1.82) is 5.26 Å². The highest BCUT2D eigenvalue weighted by molar-refractivity contribution is 6.39. The molecule has 36 heavy (non-hydrogen) atoms. The van der Waals surface area contributed by atoms with Gasteiger partial charge in [0.25, 0.3) is 0 Å². The number of nitrogens with zero attached hydrogens (tertiary/aromatic N) is 4. The molecule has 0 radical (unpaired) electrons. The van der Waals surface area contributed by atoms with Crippen molar-refractivity contribution in [1.82, 2.24) is 9.97 Å². The first kappa shape index (κ1) is 26.9. The number of hydrogen-bond acceptors (Lipinski definition) is 7. The van der Waals surface area contributed by atoms with Crippen molar-refractivity contribution in [3.8, 4) is 6.07 Å². The summed E-state index contributed by atoms with van der Waals surface area (Å²) in [6, 6.07) is 16.4. The van der Waals surface area contributed by atoms with Crippen LogP contribution in [0.1, 0.15) is 35.2 Å². The average Bonchev–Trinajstić information content (AvgIpc) is 2.89. The van der Waals surface area contributed by atoms with Gasteiger partial charge < -0.3 is 9.64 Å². The molecular formula is C27H24Cl2N4O3. The molecule has 9 heteroatoms. The molecule has 0 amide bonds. The molecule has 7 nitrogen and oxygen atoms in total. The highest BCUT2D eigenvalue weighted by atomic mass is 35.5. The summed E-state index contributed by atoms with van der Waals surface area (Å²) in [4.78, 5) is 35.6. The van der Waals surface area contributed by atoms with Crippen LogP contribution in [0, 0.1) is 17.2 Å². The Hall–Kier alpha value is -3.73. The molecule has 0 bridgehead atoms. The molecule has 0 aliphatic heterocycles. The third-order valence-electron chi connectivity index (χ3n) is 5.38. The minimum absolute atomic E-state index is 0.0790. The van der Waals surface area contributed by atoms with E-state index in [2.05, 4.69) is 16.0 Å². The molecule has 3 rings (SSSR count). The highest BCUT2D eigenvalue weighted by Crippen LogP contribution is 2.28. The van der Waals surface area contributed by atoms with Crippen LogP contribution in [0.5, 0.6) is 0 Å². The predicted molar refractivity (Wildman–Crippen MR) is 140 cm³/mol. The first-order valence-corrected chi connectivity index (χ1v) is 11.9. The van der Waals surface area contributed by atoms with E-state index in [-0.39, 0.29) is 27.8 Å². The summed E-state index contributed by atoms with van der Waals surface area (Å²) in [6.45, 7) is 0.458. The fourth-order valence-electron chi connectivity index (χ4n) is 3.59. The van der Waals surface area contributed by atoms with Crippen LogP contribution < -0.4 is 4.90 Å². The van der Waals surface area contributed by atoms with Crippen molar-refractivity contribution < 1.29 is 14.3 Å². The number of rotatable bonds is 11. The Morgan fingerprint density at radius 1 is 1.08 bits per heavy atom. The lowest BCUT2D eigenvalue weighted by Crippen LogP contribution is -2.20. The van der Waals surface area contributed by atoms with Crippen LogP contribution in [0.25, 0.3) is 6.08 Å². The molecular weight excluding hydrogens is 499 g/mol. The zero-order valence-electron chi connectivity index (χ0n) is 19.6. The lowest BCUT2D eigenvalue weighted by Gasteiger charge is -2.21. The Balaban J connectivity index is 1.70. The second kappa shape index (κ2) is 13.4. The maximum absolute atomic E-state index is 12.8. The van der Waals surface area contributed by atoms with E-state index in [0.717, 1.165) is 11.3 Å². The Bertz CT molecular complexity index is 1240. The molecule has 0 aliphatic rings. The van der Waals surface area contributed by atoms with Gasteiger partial charge in [0.15, 0.2) is 5.78 Å². The van der Waals surface area contributed by atoms with E-state index >= 15 is 0 Å². The van der Waals surface area contributed by atoms with Gasteiger partial charge >= 0.3 is 5.97 Å². The van der Waals surface area contributed by atoms with Gasteiger partial charge in [-0.15, -0.1) is 0 Å². The van der Waals surface area contributed by atoms with E-state index in [1.54, 1.807) is 36.7 Å². The zero-order valence-corrected chi connectivity index (χ0v) is 21.1. The number of benzene rings is 2. The Labute approximate surface area is 220 Å². The number of Topliss-reactive ketones (excluding diaryl/α,β-unsaturated/α-hetero) is 1. The number of nitriles is 1. The van der Waals surface area contributed by atoms with Crippen molar-refractivity contribution in [3.05, 3.63) is 88.2 Å². The third kappa shape index (κ3) is 7.14. The van der Waals surface area contributed by atoms with E-state index in [0.29, 0.717) is 25.3 Å². The molecule has 0 saturated heterocycles. The van der Waals surface area contributed by atoms with Gasteiger partial charge in [0.1, 0.15) is 0 Å². The molecule has 0 spiro atoms. The number of aromatic nitrogens is 2. The smallest absolute Gasteiger partial charge is 0.309 e. The molecule has 3 aromatic rings. The van der Waals surface area contributed by atoms with Crippen LogP contribution in [-0.2, 0) is 9.53 Å². The number of carbonyl (C=O) groups excluding carboxylic acids is 2. The summed E-state index contributed by atoms with van der Waals surface area (Å²) in [5.41, 5.74) is 1.96. The largest absolute Gasteiger partial charge is 0.469 e. The second-order valence-electron chi connectivity index (χ2n) is 7.78. The first-order chi connectivity index (χ1) is 17.4. The van der Waals surface area contributed by atoms with Gasteiger partial charge in [0, 0.05) is 31.0 Å². The van der Waals surface area contributed by atoms with E-state index in [9.17, 15) is 9.59 Å². The van der Waals surface area contributed by atoms with Crippen molar-refractivity contribution in [3.63, 3.8) is 0 Å². The maximum Gasteiger partial charge on any atom is 0.309 e. The number of allylic oxidation sites excluding steroid dienone is 1. The van der Waals surface area contributed by atoms with Gasteiger partial charge in [-0.1, -0.05) is 53.6 Å². The Morgan fingerprint density at radius 2 is 1.75 bits per heavy atom. The molecule has 0 N–H and O–H groups in total. The first-order valence-electron chi connectivity index (χ1n) is 11.2. The van der Waals surface area contributed by atoms with Crippen LogP contribution in [0.4, 0.5) is 11.6 Å². The average molecular weight is 523 g/mol. The molecule has 0 fully saturated rings. The van der Waals surface area contributed by atoms with Crippen LogP contribution >= 0.6 is 23.2 Å². The highest BCUT2D eigenvalue weighted by Gasteiger charge is 2.24. The Morgan fingerprint density at radius 3 is 2.36 bits per heavy atom. The minimum Gasteiger partial charge on any atom is -0.469 e. The van der Waals surface area contributed by atoms with Crippen LogP contribution in [0.15, 0.2) is 67.0 Å². The SMILES string of the molecule is COC(=O)C(C/C=C/c1ccc(N(CCC#N)c2ncccn2)cc1)CC(=O)c1c(Cl)cccc1Cl. The van der Waals surface area contributed by atoms with Gasteiger partial charge in [0.05, 0.1) is 41.1 Å². The van der Waals surface area contributed by atoms with Gasteiger partial charge in [-0.3, -0.25) is 9.59 Å². The summed E-state index contributed by atoms with van der Waals surface area (Å²) < 4.78 is 4.90. The van der Waals surface area contributed by atoms with Crippen molar-refractivity contribution >= 4 is 52.7 Å². The van der Waals surface area contributed by atoms with Crippen molar-refractivity contribution in [2.24, 2.45) is 5.92 Å². The van der Waals surface area contributed by atoms with E-state index in [1.807, 2.05) is 41.3 Å². The maximum atomic E-state index is 12.8. The standard InChI is InChI=1S/C27H24Cl2N4O3/c1-36-26(35)20(18-24(34)25-22(28)8-3-9-23(25)29)7-2-6-19-10-12-21(13-11-19)33(17-4-14-30)27-31-15-5-16-32-27/h2-3,5-6,8-13,15-16,20H,4,7,17-18H2,1H3/b6-2+. The fraction of sp³-hybridized carbons (Fsp3) is 0.222. The third-order valence-corrected chi connectivity index (χ3v) is 6.01. The summed E-state index contributed by atoms with van der Waals surface area (Å²) in [6.07, 6.45) is 7.55. The topological polar surface area (TPSA) is 96.2 Å². The number of esters is 1. The lowest BCUT2D eigenvalue weighted by atomic mass is 9.95. The summed E-state index contributed by atoms with van der Waals surface area (Å²) in [7, 11) is 1.29. The second-order valence-corrected chi connectivity index (χ2v) is 8.60. The summed E-state index contributed by atoms with van der Waals surface area (Å²) in [5.74, 6) is -0.968. The van der Waals surface area contributed by atoms with Crippen LogP contribution in [0.2, 0.25) is 10.0 Å². The minimum atomic E-state index is -0.679. The van der Waals surface area contributed by atoms with Crippen molar-refractivity contribution in [2.75, 3.05) is 18.6 Å². The number of ether oxygens (including phenoxy) is 1. The van der Waals surface area contributed by atoms with E-state index < -0.39 is 11.9 Å².